The maximum atomic E-state index is 13.2. The van der Waals surface area contributed by atoms with Crippen LogP contribution < -0.4 is 21.9 Å². The Morgan fingerprint density at radius 3 is 1.72 bits per heavy atom. The van der Waals surface area contributed by atoms with Gasteiger partial charge in [0.25, 0.3) is 5.56 Å². The molecule has 10 nitrogen and oxygen atoms in total. The maximum Gasteiger partial charge on any atom is 0.331 e. The number of thioether (sulfide) groups is 2. The van der Waals surface area contributed by atoms with E-state index in [2.05, 4.69) is 30.6 Å². The molecule has 4 heterocycles. The van der Waals surface area contributed by atoms with Crippen molar-refractivity contribution in [2.24, 2.45) is 0 Å². The molecular formula is C27H38N8O2S2. The number of hydrogen-bond donors (Lipinski definition) is 2. The highest BCUT2D eigenvalue weighted by molar-refractivity contribution is 7.99. The minimum absolute atomic E-state index is 0.253. The molecule has 4 rings (SSSR count). The van der Waals surface area contributed by atoms with Crippen molar-refractivity contribution in [3.63, 3.8) is 0 Å². The number of aryl methyl sites for hydroxylation is 3. The van der Waals surface area contributed by atoms with Gasteiger partial charge in [-0.3, -0.25) is 13.9 Å². The van der Waals surface area contributed by atoms with Crippen molar-refractivity contribution in [2.75, 3.05) is 35.2 Å². The van der Waals surface area contributed by atoms with E-state index >= 15 is 0 Å². The maximum absolute atomic E-state index is 13.2. The molecule has 0 aliphatic carbocycles. The van der Waals surface area contributed by atoms with E-state index in [4.69, 9.17) is 0 Å². The summed E-state index contributed by atoms with van der Waals surface area (Å²) in [6.07, 6.45) is 5.87. The van der Waals surface area contributed by atoms with Crippen LogP contribution in [-0.4, -0.2) is 53.7 Å². The molecule has 0 radical (unpaired) electrons. The molecule has 0 saturated carbocycles. The molecular weight excluding hydrogens is 532 g/mol. The van der Waals surface area contributed by atoms with Crippen molar-refractivity contribution in [1.82, 2.24) is 29.1 Å². The monoisotopic (exact) mass is 570 g/mol. The molecule has 0 aromatic carbocycles. The first-order valence-electron chi connectivity index (χ1n) is 13.6. The van der Waals surface area contributed by atoms with E-state index in [-0.39, 0.29) is 11.2 Å². The van der Waals surface area contributed by atoms with Crippen LogP contribution in [0.4, 0.5) is 11.6 Å². The summed E-state index contributed by atoms with van der Waals surface area (Å²) < 4.78 is 3.04. The molecule has 6 bridgehead atoms. The van der Waals surface area contributed by atoms with Crippen LogP contribution in [0.5, 0.6) is 0 Å². The van der Waals surface area contributed by atoms with Crippen molar-refractivity contribution in [2.45, 2.75) is 82.7 Å². The van der Waals surface area contributed by atoms with E-state index in [0.29, 0.717) is 36.1 Å². The third kappa shape index (κ3) is 8.82. The first-order chi connectivity index (χ1) is 18.9. The van der Waals surface area contributed by atoms with Crippen molar-refractivity contribution in [1.29, 1.82) is 0 Å². The lowest BCUT2D eigenvalue weighted by Crippen LogP contribution is -2.40. The van der Waals surface area contributed by atoms with Crippen LogP contribution in [-0.2, 0) is 13.1 Å². The molecule has 1 aliphatic heterocycles. The second kappa shape index (κ2) is 14.5. The van der Waals surface area contributed by atoms with Gasteiger partial charge in [-0.05, 0) is 46.5 Å². The predicted molar refractivity (Wildman–Crippen MR) is 159 cm³/mol. The lowest BCUT2D eigenvalue weighted by molar-refractivity contribution is 0.532. The van der Waals surface area contributed by atoms with E-state index in [1.807, 2.05) is 32.9 Å². The lowest BCUT2D eigenvalue weighted by atomic mass is 10.2. The number of nitrogens with zero attached hydrogens (tertiary/aromatic N) is 6. The fraction of sp³-hybridized carbons (Fsp3) is 0.556. The van der Waals surface area contributed by atoms with Gasteiger partial charge in [0.05, 0.1) is 0 Å². The molecule has 210 valence electrons. The van der Waals surface area contributed by atoms with Gasteiger partial charge in [0.1, 0.15) is 11.6 Å². The summed E-state index contributed by atoms with van der Waals surface area (Å²) in [7, 11) is 0. The number of aromatic nitrogens is 6. The van der Waals surface area contributed by atoms with Crippen LogP contribution in [0.25, 0.3) is 0 Å². The first kappa shape index (κ1) is 29.1. The van der Waals surface area contributed by atoms with Crippen LogP contribution in [0.15, 0.2) is 38.1 Å². The molecule has 0 amide bonds. The Balaban J connectivity index is 1.48. The van der Waals surface area contributed by atoms with Gasteiger partial charge in [0.2, 0.25) is 0 Å². The van der Waals surface area contributed by atoms with Crippen LogP contribution in [0.2, 0.25) is 0 Å². The zero-order chi connectivity index (χ0) is 27.6. The SMILES string of the molecule is Cc1cc2nc(n1)SCCCn1c(C)cc(=O)n(c1=O)CCCSc1nc(C)cc(n1)NCCCCCCN2. The molecule has 0 atom stereocenters. The van der Waals surface area contributed by atoms with Gasteiger partial charge in [-0.25, -0.2) is 24.7 Å². The quantitative estimate of drug-likeness (QED) is 0.379. The van der Waals surface area contributed by atoms with Gasteiger partial charge in [0, 0.05) is 73.0 Å². The Hall–Kier alpha value is -2.86. The zero-order valence-electron chi connectivity index (χ0n) is 23.0. The summed E-state index contributed by atoms with van der Waals surface area (Å²) in [6, 6.07) is 5.49. The Labute approximate surface area is 237 Å². The topological polar surface area (TPSA) is 120 Å². The van der Waals surface area contributed by atoms with E-state index in [0.717, 1.165) is 79.1 Å². The third-order valence-corrected chi connectivity index (χ3v) is 8.25. The minimum atomic E-state index is -0.253. The number of fused-ring (bicyclic) bond motifs is 6. The normalized spacial score (nSPS) is 16.3. The van der Waals surface area contributed by atoms with Crippen LogP contribution in [0.1, 0.15) is 55.6 Å². The summed E-state index contributed by atoms with van der Waals surface area (Å²) in [6.45, 7) is 8.40. The van der Waals surface area contributed by atoms with Gasteiger partial charge in [-0.1, -0.05) is 36.4 Å². The molecule has 0 saturated heterocycles. The van der Waals surface area contributed by atoms with Crippen molar-refractivity contribution in [3.05, 3.63) is 56.1 Å². The molecule has 3 aromatic heterocycles. The predicted octanol–water partition coefficient (Wildman–Crippen LogP) is 4.28. The van der Waals surface area contributed by atoms with E-state index in [9.17, 15) is 9.59 Å². The third-order valence-electron chi connectivity index (χ3n) is 6.38. The highest BCUT2D eigenvalue weighted by Gasteiger charge is 2.11. The molecule has 1 aliphatic rings. The van der Waals surface area contributed by atoms with Crippen LogP contribution in [0, 0.1) is 20.8 Å². The molecule has 0 spiro atoms. The zero-order valence-corrected chi connectivity index (χ0v) is 24.7. The number of nitrogens with one attached hydrogen (secondary N) is 2. The van der Waals surface area contributed by atoms with Crippen molar-refractivity contribution >= 4 is 35.2 Å². The van der Waals surface area contributed by atoms with Gasteiger partial charge in [-0.2, -0.15) is 0 Å². The molecule has 0 fully saturated rings. The second-order valence-corrected chi connectivity index (χ2v) is 11.9. The Morgan fingerprint density at radius 1 is 0.667 bits per heavy atom. The standard InChI is InChI=1S/C27H38N8O2S2/c1-19-16-22-28-10-6-4-5-7-11-29-23-17-20(2)31-26(33-23)39-15-9-13-35-24(36)18-21(3)34(27(35)37)12-8-14-38-25(30-19)32-22/h16-18H,4-15H2,1-3H3,(H,28,30,32)(H,29,31,33). The molecule has 12 heteroatoms. The van der Waals surface area contributed by atoms with Crippen molar-refractivity contribution < 1.29 is 0 Å². The van der Waals surface area contributed by atoms with E-state index in [1.165, 1.54) is 4.57 Å². The summed E-state index contributed by atoms with van der Waals surface area (Å²) in [4.78, 5) is 44.2. The molecule has 2 N–H and O–H groups in total. The highest BCUT2D eigenvalue weighted by atomic mass is 32.2. The summed E-state index contributed by atoms with van der Waals surface area (Å²) in [5, 5.41) is 8.32. The Morgan fingerprint density at radius 2 is 1.18 bits per heavy atom. The highest BCUT2D eigenvalue weighted by Crippen LogP contribution is 2.19. The number of anilines is 2. The van der Waals surface area contributed by atoms with E-state index < -0.39 is 0 Å². The average molecular weight is 571 g/mol. The Bertz CT molecular complexity index is 1370. The van der Waals surface area contributed by atoms with E-state index in [1.54, 1.807) is 34.2 Å². The van der Waals surface area contributed by atoms with Gasteiger partial charge >= 0.3 is 5.69 Å². The molecule has 0 unspecified atom stereocenters. The molecule has 39 heavy (non-hydrogen) atoms. The fourth-order valence-corrected chi connectivity index (χ4v) is 6.06. The van der Waals surface area contributed by atoms with Gasteiger partial charge in [0.15, 0.2) is 10.3 Å². The van der Waals surface area contributed by atoms with Crippen LogP contribution in [0.3, 0.4) is 0 Å². The summed E-state index contributed by atoms with van der Waals surface area (Å²) in [5.41, 5.74) is 2.02. The smallest absolute Gasteiger partial charge is 0.331 e. The van der Waals surface area contributed by atoms with Crippen LogP contribution >= 0.6 is 23.5 Å². The minimum Gasteiger partial charge on any atom is -0.370 e. The molecule has 3 aromatic rings. The summed E-state index contributed by atoms with van der Waals surface area (Å²) >= 11 is 3.14. The lowest BCUT2D eigenvalue weighted by Gasteiger charge is -2.13. The van der Waals surface area contributed by atoms with Crippen molar-refractivity contribution in [3.8, 4) is 0 Å². The summed E-state index contributed by atoms with van der Waals surface area (Å²) in [5.74, 6) is 3.18. The Kier molecular flexibility index (Phi) is 10.8. The largest absolute Gasteiger partial charge is 0.370 e. The first-order valence-corrected chi connectivity index (χ1v) is 15.6. The number of hydrogen-bond acceptors (Lipinski definition) is 10. The second-order valence-electron chi connectivity index (χ2n) is 9.74. The average Bonchev–Trinajstić information content (AvgIpc) is 2.88. The fourth-order valence-electron chi connectivity index (χ4n) is 4.40. The van der Waals surface area contributed by atoms with Gasteiger partial charge < -0.3 is 10.6 Å². The number of rotatable bonds is 0. The van der Waals surface area contributed by atoms with Gasteiger partial charge in [-0.15, -0.1) is 0 Å².